The van der Waals surface area contributed by atoms with E-state index in [1.807, 2.05) is 0 Å². The second-order valence-electron chi connectivity index (χ2n) is 5.66. The van der Waals surface area contributed by atoms with Crippen LogP contribution in [0.25, 0.3) is 0 Å². The van der Waals surface area contributed by atoms with E-state index in [1.165, 1.54) is 0 Å². The van der Waals surface area contributed by atoms with Gasteiger partial charge in [-0.3, -0.25) is 4.79 Å². The number of amides is 1. The molecule has 0 spiro atoms. The molecule has 1 amide bonds. The Hall–Kier alpha value is -0.650. The van der Waals surface area contributed by atoms with Crippen molar-refractivity contribution in [1.82, 2.24) is 10.2 Å². The molecule has 18 heavy (non-hydrogen) atoms. The number of hydrogen-bond acceptors (Lipinski definition) is 4. The Kier molecular flexibility index (Phi) is 4.25. The summed E-state index contributed by atoms with van der Waals surface area (Å²) in [6, 6.07) is 0. The highest BCUT2D eigenvalue weighted by Crippen LogP contribution is 2.34. The zero-order chi connectivity index (χ0) is 13.2. The summed E-state index contributed by atoms with van der Waals surface area (Å²) in [5, 5.41) is 22.5. The maximum Gasteiger partial charge on any atom is 0.230 e. The van der Waals surface area contributed by atoms with Gasteiger partial charge in [0.1, 0.15) is 0 Å². The molecule has 3 atom stereocenters. The molecular weight excluding hydrogens is 232 g/mol. The van der Waals surface area contributed by atoms with Gasteiger partial charge < -0.3 is 20.4 Å². The number of carbonyl (C=O) groups excluding carboxylic acids is 1. The van der Waals surface area contributed by atoms with Gasteiger partial charge in [-0.25, -0.2) is 0 Å². The highest BCUT2D eigenvalue weighted by molar-refractivity contribution is 5.83. The van der Waals surface area contributed by atoms with Crippen LogP contribution in [0.2, 0.25) is 0 Å². The molecule has 2 fully saturated rings. The van der Waals surface area contributed by atoms with E-state index in [0.29, 0.717) is 0 Å². The summed E-state index contributed by atoms with van der Waals surface area (Å²) in [7, 11) is 0. The van der Waals surface area contributed by atoms with Crippen LogP contribution in [0.15, 0.2) is 0 Å². The number of β-amino-alcohol motifs (C(OH)–C–C–N with tert-alkyl or cyclic N) is 2. The van der Waals surface area contributed by atoms with Crippen molar-refractivity contribution >= 4 is 5.91 Å². The molecule has 104 valence electrons. The third-order valence-electron chi connectivity index (χ3n) is 4.20. The van der Waals surface area contributed by atoms with E-state index in [4.69, 9.17) is 0 Å². The number of rotatable bonds is 3. The Morgan fingerprint density at radius 1 is 1.39 bits per heavy atom. The first-order chi connectivity index (χ1) is 8.59. The molecule has 0 aromatic carbocycles. The number of nitrogens with zero attached hydrogens (tertiary/aromatic N) is 1. The summed E-state index contributed by atoms with van der Waals surface area (Å²) >= 11 is 0. The van der Waals surface area contributed by atoms with Crippen LogP contribution in [0.3, 0.4) is 0 Å². The van der Waals surface area contributed by atoms with Gasteiger partial charge in [0.25, 0.3) is 0 Å². The van der Waals surface area contributed by atoms with Gasteiger partial charge in [0.05, 0.1) is 17.6 Å². The average molecular weight is 256 g/mol. The Morgan fingerprint density at radius 3 is 2.56 bits per heavy atom. The Morgan fingerprint density at radius 2 is 2.06 bits per heavy atom. The van der Waals surface area contributed by atoms with Gasteiger partial charge in [0.15, 0.2) is 0 Å². The first-order valence-corrected chi connectivity index (χ1v) is 6.95. The van der Waals surface area contributed by atoms with Crippen molar-refractivity contribution in [2.45, 2.75) is 44.8 Å². The predicted octanol–water partition coefficient (Wildman–Crippen LogP) is -0.280. The lowest BCUT2D eigenvalue weighted by Gasteiger charge is -2.39. The van der Waals surface area contributed by atoms with E-state index in [-0.39, 0.29) is 24.4 Å². The molecule has 3 N–H and O–H groups in total. The first kappa shape index (κ1) is 13.8. The van der Waals surface area contributed by atoms with E-state index in [0.717, 1.165) is 38.8 Å². The average Bonchev–Trinajstić information content (AvgIpc) is 2.70. The van der Waals surface area contributed by atoms with Gasteiger partial charge in [0.2, 0.25) is 5.91 Å². The number of aliphatic hydroxyl groups excluding tert-OH is 2. The minimum atomic E-state index is -0.788. The molecular formula is C13H24N2O3. The van der Waals surface area contributed by atoms with Crippen molar-refractivity contribution in [2.24, 2.45) is 5.41 Å². The van der Waals surface area contributed by atoms with E-state index in [1.54, 1.807) is 4.90 Å². The standard InChI is InChI=1S/C13H24N2O3/c1-2-4-13(5-3-6-14-9-13)12(18)15-7-10(16)11(17)8-15/h10-11,14,16-17H,2-9H2,1H3. The van der Waals surface area contributed by atoms with Crippen molar-refractivity contribution in [3.05, 3.63) is 0 Å². The number of nitrogens with one attached hydrogen (secondary N) is 1. The van der Waals surface area contributed by atoms with Crippen molar-refractivity contribution in [1.29, 1.82) is 0 Å². The number of hydrogen-bond donors (Lipinski definition) is 3. The molecule has 0 aromatic rings. The Labute approximate surface area is 108 Å². The quantitative estimate of drug-likeness (QED) is 0.649. The highest BCUT2D eigenvalue weighted by Gasteiger charge is 2.44. The van der Waals surface area contributed by atoms with Crippen LogP contribution in [0, 0.1) is 5.41 Å². The lowest BCUT2D eigenvalue weighted by Crippen LogP contribution is -2.51. The van der Waals surface area contributed by atoms with E-state index in [9.17, 15) is 15.0 Å². The van der Waals surface area contributed by atoms with Crippen LogP contribution in [0.5, 0.6) is 0 Å². The Bertz CT molecular complexity index is 287. The third-order valence-corrected chi connectivity index (χ3v) is 4.20. The fourth-order valence-electron chi connectivity index (χ4n) is 3.22. The molecule has 0 radical (unpaired) electrons. The lowest BCUT2D eigenvalue weighted by atomic mass is 9.76. The summed E-state index contributed by atoms with van der Waals surface area (Å²) in [6.07, 6.45) is 2.21. The zero-order valence-electron chi connectivity index (χ0n) is 11.1. The molecule has 2 aliphatic heterocycles. The summed E-state index contributed by atoms with van der Waals surface area (Å²) < 4.78 is 0. The van der Waals surface area contributed by atoms with Crippen LogP contribution < -0.4 is 5.32 Å². The van der Waals surface area contributed by atoms with Crippen LogP contribution in [-0.2, 0) is 4.79 Å². The van der Waals surface area contributed by atoms with Crippen LogP contribution in [0.1, 0.15) is 32.6 Å². The van der Waals surface area contributed by atoms with E-state index < -0.39 is 12.2 Å². The van der Waals surface area contributed by atoms with Gasteiger partial charge in [-0.2, -0.15) is 0 Å². The predicted molar refractivity (Wildman–Crippen MR) is 68.0 cm³/mol. The zero-order valence-corrected chi connectivity index (χ0v) is 11.1. The topological polar surface area (TPSA) is 72.8 Å². The number of aliphatic hydroxyl groups is 2. The van der Waals surface area contributed by atoms with Crippen molar-refractivity contribution < 1.29 is 15.0 Å². The lowest BCUT2D eigenvalue weighted by molar-refractivity contribution is -0.143. The van der Waals surface area contributed by atoms with Gasteiger partial charge in [0, 0.05) is 19.6 Å². The van der Waals surface area contributed by atoms with Crippen LogP contribution in [0.4, 0.5) is 0 Å². The minimum absolute atomic E-state index is 0.104. The van der Waals surface area contributed by atoms with Gasteiger partial charge >= 0.3 is 0 Å². The SMILES string of the molecule is CCCC1(C(=O)N2CC(O)C(O)C2)CCCNC1. The van der Waals surface area contributed by atoms with Gasteiger partial charge in [-0.15, -0.1) is 0 Å². The summed E-state index contributed by atoms with van der Waals surface area (Å²) in [6.45, 7) is 4.33. The molecule has 3 unspecified atom stereocenters. The molecule has 2 aliphatic rings. The normalized spacial score (nSPS) is 36.9. The maximum atomic E-state index is 12.7. The van der Waals surface area contributed by atoms with E-state index in [2.05, 4.69) is 12.2 Å². The van der Waals surface area contributed by atoms with Crippen LogP contribution >= 0.6 is 0 Å². The van der Waals surface area contributed by atoms with Gasteiger partial charge in [-0.05, 0) is 25.8 Å². The van der Waals surface area contributed by atoms with Crippen molar-refractivity contribution in [3.8, 4) is 0 Å². The summed E-state index contributed by atoms with van der Waals surface area (Å²) in [5.41, 5.74) is -0.323. The molecule has 2 saturated heterocycles. The molecule has 5 nitrogen and oxygen atoms in total. The summed E-state index contributed by atoms with van der Waals surface area (Å²) in [4.78, 5) is 14.3. The van der Waals surface area contributed by atoms with Crippen molar-refractivity contribution in [2.75, 3.05) is 26.2 Å². The molecule has 0 bridgehead atoms. The van der Waals surface area contributed by atoms with Crippen LogP contribution in [-0.4, -0.2) is 59.4 Å². The molecule has 2 rings (SSSR count). The smallest absolute Gasteiger partial charge is 0.230 e. The maximum absolute atomic E-state index is 12.7. The minimum Gasteiger partial charge on any atom is -0.388 e. The molecule has 0 saturated carbocycles. The molecule has 0 aliphatic carbocycles. The summed E-state index contributed by atoms with van der Waals surface area (Å²) in [5.74, 6) is 0.104. The van der Waals surface area contributed by atoms with E-state index >= 15 is 0 Å². The molecule has 0 aromatic heterocycles. The fourth-order valence-corrected chi connectivity index (χ4v) is 3.22. The number of likely N-dealkylation sites (tertiary alicyclic amines) is 1. The van der Waals surface area contributed by atoms with Crippen molar-refractivity contribution in [3.63, 3.8) is 0 Å². The Balaban J connectivity index is 2.08. The number of piperidine rings is 1. The second kappa shape index (κ2) is 5.55. The molecule has 2 heterocycles. The van der Waals surface area contributed by atoms with Gasteiger partial charge in [-0.1, -0.05) is 13.3 Å². The first-order valence-electron chi connectivity index (χ1n) is 6.95. The highest BCUT2D eigenvalue weighted by atomic mass is 16.3. The fraction of sp³-hybridized carbons (Fsp3) is 0.923. The second-order valence-corrected chi connectivity index (χ2v) is 5.66. The molecule has 5 heteroatoms. The third kappa shape index (κ3) is 2.53. The largest absolute Gasteiger partial charge is 0.388 e. The number of carbonyl (C=O) groups is 1. The monoisotopic (exact) mass is 256 g/mol.